The van der Waals surface area contributed by atoms with Gasteiger partial charge in [0.2, 0.25) is 10.0 Å². The van der Waals surface area contributed by atoms with Crippen LogP contribution in [0.3, 0.4) is 0 Å². The minimum Gasteiger partial charge on any atom is -0.329 e. The summed E-state index contributed by atoms with van der Waals surface area (Å²) < 4.78 is 26.6. The van der Waals surface area contributed by atoms with Gasteiger partial charge in [0.05, 0.1) is 9.82 Å². The Morgan fingerprint density at radius 2 is 2.14 bits per heavy atom. The zero-order chi connectivity index (χ0) is 14.9. The molecule has 7 nitrogen and oxygen atoms in total. The average Bonchev–Trinajstić information content (AvgIpc) is 2.87. The number of nitrogens with two attached hydrogens (primary N) is 1. The lowest BCUT2D eigenvalue weighted by Gasteiger charge is -2.23. The van der Waals surface area contributed by atoms with Crippen LogP contribution in [0.25, 0.3) is 0 Å². The van der Waals surface area contributed by atoms with Crippen molar-refractivity contribution in [3.63, 3.8) is 0 Å². The predicted octanol–water partition coefficient (Wildman–Crippen LogP) is 1.44. The highest BCUT2D eigenvalue weighted by Crippen LogP contribution is 2.29. The average molecular weight is 336 g/mol. The first-order valence-electron chi connectivity index (χ1n) is 6.35. The lowest BCUT2D eigenvalue weighted by atomic mass is 10.2. The second-order valence-electron chi connectivity index (χ2n) is 4.85. The van der Waals surface area contributed by atoms with E-state index < -0.39 is 14.9 Å². The molecule has 1 aromatic rings. The zero-order valence-electron chi connectivity index (χ0n) is 11.6. The van der Waals surface area contributed by atoms with Gasteiger partial charge in [0.15, 0.2) is 0 Å². The fourth-order valence-corrected chi connectivity index (χ4v) is 4.44. The summed E-state index contributed by atoms with van der Waals surface area (Å²) in [6.07, 6.45) is 1.54. The van der Waals surface area contributed by atoms with Crippen LogP contribution >= 0.6 is 12.4 Å². The number of non-ortho nitro benzene ring substituents is 1. The van der Waals surface area contributed by atoms with E-state index in [0.717, 1.165) is 12.8 Å². The van der Waals surface area contributed by atoms with Crippen molar-refractivity contribution in [1.29, 1.82) is 0 Å². The van der Waals surface area contributed by atoms with Gasteiger partial charge in [-0.15, -0.1) is 12.4 Å². The monoisotopic (exact) mass is 335 g/mol. The number of rotatable bonds is 4. The SMILES string of the molecule is Cc1cc([N+](=O)[O-])ccc1S(=O)(=O)N1CCCC1CN.Cl. The van der Waals surface area contributed by atoms with Crippen LogP contribution in [0.2, 0.25) is 0 Å². The molecule has 0 aromatic heterocycles. The number of benzene rings is 1. The summed E-state index contributed by atoms with van der Waals surface area (Å²) in [6, 6.07) is 3.61. The summed E-state index contributed by atoms with van der Waals surface area (Å²) in [5, 5.41) is 10.7. The molecule has 1 unspecified atom stereocenters. The Balaban J connectivity index is 0.00000220. The molecule has 0 spiro atoms. The smallest absolute Gasteiger partial charge is 0.269 e. The van der Waals surface area contributed by atoms with Crippen LogP contribution in [0.4, 0.5) is 5.69 Å². The minimum atomic E-state index is -3.64. The summed E-state index contributed by atoms with van der Waals surface area (Å²) in [6.45, 7) is 2.29. The molecule has 1 aliphatic heterocycles. The number of nitrogens with zero attached hydrogens (tertiary/aromatic N) is 2. The molecule has 2 rings (SSSR count). The van der Waals surface area contributed by atoms with E-state index in [2.05, 4.69) is 0 Å². The molecular formula is C12H18ClN3O4S. The first kappa shape index (κ1) is 17.8. The first-order valence-corrected chi connectivity index (χ1v) is 7.79. The second kappa shape index (κ2) is 6.69. The van der Waals surface area contributed by atoms with Gasteiger partial charge in [-0.05, 0) is 31.4 Å². The molecule has 21 heavy (non-hydrogen) atoms. The van der Waals surface area contributed by atoms with Gasteiger partial charge < -0.3 is 5.73 Å². The topological polar surface area (TPSA) is 107 Å². The Hall–Kier alpha value is -1.22. The number of halogens is 1. The molecule has 1 aliphatic rings. The summed E-state index contributed by atoms with van der Waals surface area (Å²) in [5.74, 6) is 0. The van der Waals surface area contributed by atoms with E-state index in [4.69, 9.17) is 5.73 Å². The molecule has 9 heteroatoms. The molecule has 2 N–H and O–H groups in total. The van der Waals surface area contributed by atoms with Crippen LogP contribution in [0.1, 0.15) is 18.4 Å². The number of hydrogen-bond donors (Lipinski definition) is 1. The maximum absolute atomic E-state index is 12.6. The van der Waals surface area contributed by atoms with Crippen LogP contribution in [-0.2, 0) is 10.0 Å². The highest BCUT2D eigenvalue weighted by atomic mass is 35.5. The molecule has 0 bridgehead atoms. The standard InChI is InChI=1S/C12H17N3O4S.ClH/c1-9-7-10(15(16)17)4-5-12(9)20(18,19)14-6-2-3-11(14)8-13;/h4-5,7,11H,2-3,6,8,13H2,1H3;1H. The molecule has 0 amide bonds. The Morgan fingerprint density at radius 1 is 1.48 bits per heavy atom. The van der Waals surface area contributed by atoms with Gasteiger partial charge in [0, 0.05) is 31.3 Å². The van der Waals surface area contributed by atoms with Crippen molar-refractivity contribution in [2.24, 2.45) is 5.73 Å². The van der Waals surface area contributed by atoms with Crippen LogP contribution < -0.4 is 5.73 Å². The maximum atomic E-state index is 12.6. The van der Waals surface area contributed by atoms with E-state index in [1.54, 1.807) is 6.92 Å². The van der Waals surface area contributed by atoms with Crippen LogP contribution in [0, 0.1) is 17.0 Å². The molecule has 1 aromatic carbocycles. The van der Waals surface area contributed by atoms with Gasteiger partial charge >= 0.3 is 0 Å². The second-order valence-corrected chi connectivity index (χ2v) is 6.71. The number of aryl methyl sites for hydroxylation is 1. The lowest BCUT2D eigenvalue weighted by molar-refractivity contribution is -0.385. The Kier molecular flexibility index (Phi) is 5.68. The van der Waals surface area contributed by atoms with Crippen molar-refractivity contribution >= 4 is 28.1 Å². The summed E-state index contributed by atoms with van der Waals surface area (Å²) in [7, 11) is -3.64. The Bertz CT molecular complexity index is 635. The van der Waals surface area contributed by atoms with Gasteiger partial charge in [0.1, 0.15) is 0 Å². The fourth-order valence-electron chi connectivity index (χ4n) is 2.52. The third-order valence-electron chi connectivity index (χ3n) is 3.55. The van der Waals surface area contributed by atoms with Crippen molar-refractivity contribution in [1.82, 2.24) is 4.31 Å². The van der Waals surface area contributed by atoms with Crippen molar-refractivity contribution < 1.29 is 13.3 Å². The molecule has 118 valence electrons. The van der Waals surface area contributed by atoms with Gasteiger partial charge in [-0.3, -0.25) is 10.1 Å². The predicted molar refractivity (Wildman–Crippen MR) is 81.0 cm³/mol. The van der Waals surface area contributed by atoms with E-state index in [9.17, 15) is 18.5 Å². The van der Waals surface area contributed by atoms with E-state index in [1.807, 2.05) is 0 Å². The normalized spacial score (nSPS) is 19.2. The van der Waals surface area contributed by atoms with Gasteiger partial charge in [-0.1, -0.05) is 0 Å². The molecule has 1 heterocycles. The van der Waals surface area contributed by atoms with E-state index in [-0.39, 0.29) is 35.6 Å². The third kappa shape index (κ3) is 3.34. The van der Waals surface area contributed by atoms with Gasteiger partial charge in [0.25, 0.3) is 5.69 Å². The van der Waals surface area contributed by atoms with E-state index in [1.165, 1.54) is 22.5 Å². The molecule has 0 saturated carbocycles. The largest absolute Gasteiger partial charge is 0.329 e. The number of nitro groups is 1. The number of nitro benzene ring substituents is 1. The highest BCUT2D eigenvalue weighted by Gasteiger charge is 2.35. The van der Waals surface area contributed by atoms with Crippen LogP contribution in [0.5, 0.6) is 0 Å². The minimum absolute atomic E-state index is 0. The van der Waals surface area contributed by atoms with Gasteiger partial charge in [-0.2, -0.15) is 4.31 Å². The van der Waals surface area contributed by atoms with Crippen molar-refractivity contribution in [3.05, 3.63) is 33.9 Å². The Labute approximate surface area is 129 Å². The molecule has 0 aliphatic carbocycles. The van der Waals surface area contributed by atoms with Crippen LogP contribution in [-0.4, -0.2) is 36.8 Å². The van der Waals surface area contributed by atoms with E-state index >= 15 is 0 Å². The molecule has 1 saturated heterocycles. The first-order chi connectivity index (χ1) is 9.37. The fraction of sp³-hybridized carbons (Fsp3) is 0.500. The quantitative estimate of drug-likeness (QED) is 0.661. The van der Waals surface area contributed by atoms with Crippen LogP contribution in [0.15, 0.2) is 23.1 Å². The number of sulfonamides is 1. The van der Waals surface area contributed by atoms with E-state index in [0.29, 0.717) is 12.1 Å². The zero-order valence-corrected chi connectivity index (χ0v) is 13.2. The summed E-state index contributed by atoms with van der Waals surface area (Å²) in [4.78, 5) is 10.3. The molecule has 0 radical (unpaired) electrons. The van der Waals surface area contributed by atoms with Crippen molar-refractivity contribution in [2.45, 2.75) is 30.7 Å². The maximum Gasteiger partial charge on any atom is 0.269 e. The lowest BCUT2D eigenvalue weighted by Crippen LogP contribution is -2.40. The summed E-state index contributed by atoms with van der Waals surface area (Å²) in [5.41, 5.74) is 5.87. The Morgan fingerprint density at radius 3 is 2.67 bits per heavy atom. The highest BCUT2D eigenvalue weighted by molar-refractivity contribution is 7.89. The molecule has 1 atom stereocenters. The summed E-state index contributed by atoms with van der Waals surface area (Å²) >= 11 is 0. The van der Waals surface area contributed by atoms with Crippen molar-refractivity contribution in [3.8, 4) is 0 Å². The molecular weight excluding hydrogens is 318 g/mol. The van der Waals surface area contributed by atoms with Gasteiger partial charge in [-0.25, -0.2) is 8.42 Å². The van der Waals surface area contributed by atoms with Crippen molar-refractivity contribution in [2.75, 3.05) is 13.1 Å². The third-order valence-corrected chi connectivity index (χ3v) is 5.66. The molecule has 1 fully saturated rings. The number of hydrogen-bond acceptors (Lipinski definition) is 5.